The Morgan fingerprint density at radius 3 is 3.09 bits per heavy atom. The normalized spacial score (nSPS) is 9.55. The number of hydrogen-bond donors (Lipinski definition) is 2. The fourth-order valence-electron chi connectivity index (χ4n) is 0.699. The van der Waals surface area contributed by atoms with Crippen molar-refractivity contribution < 1.29 is 4.79 Å². The van der Waals surface area contributed by atoms with E-state index in [4.69, 9.17) is 5.73 Å². The Labute approximate surface area is 64.2 Å². The molecule has 0 unspecified atom stereocenters. The van der Waals surface area contributed by atoms with Gasteiger partial charge in [-0.25, -0.2) is 0 Å². The second kappa shape index (κ2) is 3.05. The van der Waals surface area contributed by atoms with Crippen LogP contribution in [0.3, 0.4) is 0 Å². The molecular weight excluding hydrogens is 144 g/mol. The van der Waals surface area contributed by atoms with Crippen molar-refractivity contribution in [2.45, 2.75) is 6.92 Å². The van der Waals surface area contributed by atoms with E-state index in [-0.39, 0.29) is 0 Å². The first-order valence-electron chi connectivity index (χ1n) is 3.32. The van der Waals surface area contributed by atoms with Gasteiger partial charge in [-0.2, -0.15) is 9.89 Å². The van der Waals surface area contributed by atoms with Crippen LogP contribution in [0.25, 0.3) is 0 Å². The van der Waals surface area contributed by atoms with Gasteiger partial charge in [-0.15, -0.1) is 0 Å². The first-order chi connectivity index (χ1) is 5.24. The van der Waals surface area contributed by atoms with E-state index in [1.807, 2.05) is 6.92 Å². The van der Waals surface area contributed by atoms with E-state index in [9.17, 15) is 4.79 Å². The quantitative estimate of drug-likeness (QED) is 0.619. The second-order valence-electron chi connectivity index (χ2n) is 2.05. The number of nitrogens with zero attached hydrogens (tertiary/aromatic N) is 2. The van der Waals surface area contributed by atoms with Crippen molar-refractivity contribution in [3.8, 4) is 0 Å². The lowest BCUT2D eigenvalue weighted by molar-refractivity contribution is 0.100. The molecule has 11 heavy (non-hydrogen) atoms. The van der Waals surface area contributed by atoms with Crippen molar-refractivity contribution in [1.82, 2.24) is 9.89 Å². The molecule has 1 amide bonds. The molecule has 60 valence electrons. The van der Waals surface area contributed by atoms with Crippen molar-refractivity contribution in [3.05, 3.63) is 18.0 Å². The van der Waals surface area contributed by atoms with Crippen molar-refractivity contribution in [2.75, 3.05) is 12.0 Å². The third-order valence-electron chi connectivity index (χ3n) is 1.19. The van der Waals surface area contributed by atoms with E-state index in [0.717, 1.165) is 6.54 Å². The van der Waals surface area contributed by atoms with Crippen LogP contribution in [0.15, 0.2) is 12.4 Å². The lowest BCUT2D eigenvalue weighted by atomic mass is 10.4. The van der Waals surface area contributed by atoms with E-state index in [0.29, 0.717) is 5.56 Å². The van der Waals surface area contributed by atoms with Gasteiger partial charge in [0.15, 0.2) is 0 Å². The van der Waals surface area contributed by atoms with Gasteiger partial charge in [-0.3, -0.25) is 4.79 Å². The fourth-order valence-corrected chi connectivity index (χ4v) is 0.699. The summed E-state index contributed by atoms with van der Waals surface area (Å²) in [4.78, 5) is 12.0. The predicted molar refractivity (Wildman–Crippen MR) is 40.6 cm³/mol. The first kappa shape index (κ1) is 7.59. The summed E-state index contributed by atoms with van der Waals surface area (Å²) in [5.74, 6) is -0.464. The minimum absolute atomic E-state index is 0.408. The largest absolute Gasteiger partial charge is 0.365 e. The van der Waals surface area contributed by atoms with Gasteiger partial charge in [-0.1, -0.05) is 0 Å². The molecule has 0 atom stereocenters. The zero-order valence-corrected chi connectivity index (χ0v) is 6.24. The summed E-state index contributed by atoms with van der Waals surface area (Å²) in [5, 5.41) is 3.83. The van der Waals surface area contributed by atoms with Gasteiger partial charge in [0.05, 0.1) is 18.0 Å². The van der Waals surface area contributed by atoms with E-state index in [1.54, 1.807) is 6.20 Å². The standard InChI is InChI=1S/C6H10N4O/c1-2-8-10-4-5(3-9-10)6(7)11/h3-4,8H,2H2,1H3,(H2,7,11). The molecule has 1 aromatic heterocycles. The van der Waals surface area contributed by atoms with Gasteiger partial charge in [0.1, 0.15) is 0 Å². The number of carbonyl (C=O) groups is 1. The summed E-state index contributed by atoms with van der Waals surface area (Å²) in [5.41, 5.74) is 8.29. The van der Waals surface area contributed by atoms with E-state index < -0.39 is 5.91 Å². The van der Waals surface area contributed by atoms with Crippen LogP contribution in [-0.4, -0.2) is 22.3 Å². The van der Waals surface area contributed by atoms with Crippen LogP contribution in [0.5, 0.6) is 0 Å². The second-order valence-corrected chi connectivity index (χ2v) is 2.05. The number of rotatable bonds is 3. The van der Waals surface area contributed by atoms with Crippen LogP contribution >= 0.6 is 0 Å². The molecule has 0 bridgehead atoms. The number of aromatic nitrogens is 2. The van der Waals surface area contributed by atoms with Crippen molar-refractivity contribution in [3.63, 3.8) is 0 Å². The Balaban J connectivity index is 2.73. The molecule has 0 aromatic carbocycles. The van der Waals surface area contributed by atoms with E-state index in [2.05, 4.69) is 10.5 Å². The highest BCUT2D eigenvalue weighted by molar-refractivity contribution is 5.92. The molecule has 3 N–H and O–H groups in total. The maximum absolute atomic E-state index is 10.6. The Morgan fingerprint density at radius 1 is 1.91 bits per heavy atom. The van der Waals surface area contributed by atoms with Crippen LogP contribution in [0.1, 0.15) is 17.3 Å². The number of hydrogen-bond acceptors (Lipinski definition) is 3. The van der Waals surface area contributed by atoms with Gasteiger partial charge in [0.2, 0.25) is 0 Å². The molecule has 5 nitrogen and oxygen atoms in total. The molecule has 0 saturated heterocycles. The van der Waals surface area contributed by atoms with Crippen molar-refractivity contribution in [1.29, 1.82) is 0 Å². The fraction of sp³-hybridized carbons (Fsp3) is 0.333. The third kappa shape index (κ3) is 1.70. The number of nitrogens with two attached hydrogens (primary N) is 1. The van der Waals surface area contributed by atoms with Crippen LogP contribution < -0.4 is 11.2 Å². The lowest BCUT2D eigenvalue weighted by Crippen LogP contribution is -2.14. The van der Waals surface area contributed by atoms with Gasteiger partial charge in [0.25, 0.3) is 5.91 Å². The number of nitrogens with one attached hydrogen (secondary N) is 1. The third-order valence-corrected chi connectivity index (χ3v) is 1.19. The molecule has 0 aliphatic carbocycles. The van der Waals surface area contributed by atoms with Crippen LogP contribution in [0.4, 0.5) is 0 Å². The minimum Gasteiger partial charge on any atom is -0.365 e. The SMILES string of the molecule is CCNn1cc(C(N)=O)cn1. The number of primary amides is 1. The van der Waals surface area contributed by atoms with E-state index >= 15 is 0 Å². The van der Waals surface area contributed by atoms with Gasteiger partial charge >= 0.3 is 0 Å². The highest BCUT2D eigenvalue weighted by Crippen LogP contribution is 1.92. The number of carbonyl (C=O) groups excluding carboxylic acids is 1. The zero-order chi connectivity index (χ0) is 8.27. The van der Waals surface area contributed by atoms with Crippen LogP contribution in [0.2, 0.25) is 0 Å². The Kier molecular flexibility index (Phi) is 2.10. The molecule has 0 spiro atoms. The summed E-state index contributed by atoms with van der Waals surface area (Å²) >= 11 is 0. The zero-order valence-electron chi connectivity index (χ0n) is 6.24. The average Bonchev–Trinajstić information content (AvgIpc) is 2.37. The highest BCUT2D eigenvalue weighted by Gasteiger charge is 2.01. The summed E-state index contributed by atoms with van der Waals surface area (Å²) in [6.45, 7) is 2.69. The van der Waals surface area contributed by atoms with Crippen molar-refractivity contribution in [2.24, 2.45) is 5.73 Å². The predicted octanol–water partition coefficient (Wildman–Crippen LogP) is -0.455. The summed E-state index contributed by atoms with van der Waals surface area (Å²) in [6, 6.07) is 0. The van der Waals surface area contributed by atoms with Gasteiger partial charge in [-0.05, 0) is 6.92 Å². The molecule has 1 rings (SSSR count). The highest BCUT2D eigenvalue weighted by atomic mass is 16.1. The smallest absolute Gasteiger partial charge is 0.251 e. The first-order valence-corrected chi connectivity index (χ1v) is 3.32. The Hall–Kier alpha value is -1.52. The molecule has 0 aliphatic heterocycles. The average molecular weight is 154 g/mol. The minimum atomic E-state index is -0.464. The maximum atomic E-state index is 10.6. The summed E-state index contributed by atoms with van der Waals surface area (Å²) < 4.78 is 0. The maximum Gasteiger partial charge on any atom is 0.251 e. The molecule has 1 aromatic rings. The molecule has 0 saturated carbocycles. The molecule has 5 heteroatoms. The number of amides is 1. The van der Waals surface area contributed by atoms with Crippen LogP contribution in [-0.2, 0) is 0 Å². The Morgan fingerprint density at radius 2 is 2.64 bits per heavy atom. The van der Waals surface area contributed by atoms with Crippen LogP contribution in [0, 0.1) is 0 Å². The van der Waals surface area contributed by atoms with Crippen molar-refractivity contribution >= 4 is 5.91 Å². The molecular formula is C6H10N4O. The molecule has 1 heterocycles. The molecule has 0 aliphatic rings. The molecule has 0 radical (unpaired) electrons. The summed E-state index contributed by atoms with van der Waals surface area (Å²) in [7, 11) is 0. The summed E-state index contributed by atoms with van der Waals surface area (Å²) in [6.07, 6.45) is 2.97. The molecule has 0 fully saturated rings. The monoisotopic (exact) mass is 154 g/mol. The van der Waals surface area contributed by atoms with Gasteiger partial charge in [0, 0.05) is 6.54 Å². The van der Waals surface area contributed by atoms with E-state index in [1.165, 1.54) is 11.0 Å². The topological polar surface area (TPSA) is 72.9 Å². The Bertz CT molecular complexity index is 255. The lowest BCUT2D eigenvalue weighted by Gasteiger charge is -1.98. The van der Waals surface area contributed by atoms with Gasteiger partial charge < -0.3 is 11.2 Å².